The maximum atomic E-state index is 12.2. The topological polar surface area (TPSA) is 169 Å². The zero-order valence-electron chi connectivity index (χ0n) is 33.9. The number of ether oxygens (including phenoxy) is 1. The fourth-order valence-corrected chi connectivity index (χ4v) is 5.50. The Morgan fingerprint density at radius 2 is 1.07 bits per heavy atom. The highest BCUT2D eigenvalue weighted by molar-refractivity contribution is 7.47. The van der Waals surface area contributed by atoms with Crippen LogP contribution >= 0.6 is 7.82 Å². The van der Waals surface area contributed by atoms with Crippen LogP contribution in [0.2, 0.25) is 0 Å². The van der Waals surface area contributed by atoms with Gasteiger partial charge in [0.25, 0.3) is 0 Å². The van der Waals surface area contributed by atoms with Gasteiger partial charge in [0.05, 0.1) is 19.6 Å². The number of phosphoric ester groups is 1. The first-order valence-electron chi connectivity index (χ1n) is 20.3. The van der Waals surface area contributed by atoms with Crippen LogP contribution in [0.4, 0.5) is 0 Å². The van der Waals surface area contributed by atoms with E-state index in [1.165, 1.54) is 12.8 Å². The first kappa shape index (κ1) is 52.4. The maximum Gasteiger partial charge on any atom is 0.472 e. The fourth-order valence-electron chi connectivity index (χ4n) is 4.73. The molecule has 4 N–H and O–H groups in total. The molecule has 0 saturated heterocycles. The van der Waals surface area contributed by atoms with Crippen molar-refractivity contribution in [3.8, 4) is 0 Å². The zero-order chi connectivity index (χ0) is 41.4. The molecular weight excluding hydrogens is 733 g/mol. The number of allylic oxidation sites excluding steroid dienone is 15. The van der Waals surface area contributed by atoms with Gasteiger partial charge < -0.3 is 25.2 Å². The Balaban J connectivity index is 4.08. The van der Waals surface area contributed by atoms with E-state index in [2.05, 4.69) is 92.1 Å². The Bertz CT molecular complexity index is 1310. The molecular formula is C44H70NO10P. The Hall–Kier alpha value is -3.60. The first-order valence-corrected chi connectivity index (χ1v) is 21.8. The minimum absolute atomic E-state index is 0.0167. The van der Waals surface area contributed by atoms with E-state index in [0.29, 0.717) is 12.8 Å². The number of carboxylic acids is 1. The Labute approximate surface area is 336 Å². The van der Waals surface area contributed by atoms with Gasteiger partial charge in [-0.3, -0.25) is 18.6 Å². The molecule has 0 spiro atoms. The van der Waals surface area contributed by atoms with Gasteiger partial charge in [0.1, 0.15) is 12.7 Å². The third kappa shape index (κ3) is 37.3. The second-order valence-corrected chi connectivity index (χ2v) is 14.6. The van der Waals surface area contributed by atoms with Crippen molar-refractivity contribution in [1.82, 2.24) is 5.32 Å². The van der Waals surface area contributed by atoms with Crippen molar-refractivity contribution >= 4 is 25.7 Å². The lowest BCUT2D eigenvalue weighted by atomic mass is 10.1. The van der Waals surface area contributed by atoms with Gasteiger partial charge in [0.15, 0.2) is 6.04 Å². The van der Waals surface area contributed by atoms with Crippen molar-refractivity contribution in [2.75, 3.05) is 19.8 Å². The number of aliphatic hydroxyl groups excluding tert-OH is 1. The van der Waals surface area contributed by atoms with Crippen LogP contribution in [0.15, 0.2) is 97.2 Å². The van der Waals surface area contributed by atoms with Gasteiger partial charge in [-0.25, -0.2) is 9.36 Å². The maximum absolute atomic E-state index is 12.2. The van der Waals surface area contributed by atoms with Gasteiger partial charge >= 0.3 is 19.8 Å². The van der Waals surface area contributed by atoms with Crippen LogP contribution in [0.3, 0.4) is 0 Å². The molecule has 0 fully saturated rings. The van der Waals surface area contributed by atoms with Crippen LogP contribution in [0.25, 0.3) is 0 Å². The highest BCUT2D eigenvalue weighted by atomic mass is 31.2. The second kappa shape index (κ2) is 38.3. The summed E-state index contributed by atoms with van der Waals surface area (Å²) in [5.41, 5.74) is 0. The summed E-state index contributed by atoms with van der Waals surface area (Å²) in [6.45, 7) is 2.29. The van der Waals surface area contributed by atoms with Crippen molar-refractivity contribution in [2.24, 2.45) is 0 Å². The normalized spacial score (nSPS) is 14.8. The van der Waals surface area contributed by atoms with Gasteiger partial charge in [-0.15, -0.1) is 0 Å². The summed E-state index contributed by atoms with van der Waals surface area (Å²) < 4.78 is 26.6. The zero-order valence-corrected chi connectivity index (χ0v) is 34.8. The molecule has 0 aromatic carbocycles. The van der Waals surface area contributed by atoms with Gasteiger partial charge in [-0.1, -0.05) is 143 Å². The molecule has 0 aliphatic heterocycles. The summed E-state index contributed by atoms with van der Waals surface area (Å²) in [4.78, 5) is 45.7. The number of hydrogen-bond donors (Lipinski definition) is 4. The van der Waals surface area contributed by atoms with E-state index in [4.69, 9.17) is 13.8 Å². The molecule has 0 aliphatic carbocycles. The minimum Gasteiger partial charge on any atom is -0.480 e. The fraction of sp³-hybridized carbons (Fsp3) is 0.568. The number of aliphatic hydroxyl groups is 1. The quantitative estimate of drug-likeness (QED) is 0.0207. The smallest absolute Gasteiger partial charge is 0.472 e. The number of unbranched alkanes of at least 4 members (excludes halogenated alkanes) is 7. The van der Waals surface area contributed by atoms with Crippen molar-refractivity contribution in [3.63, 3.8) is 0 Å². The van der Waals surface area contributed by atoms with Crippen LogP contribution in [0.1, 0.15) is 129 Å². The number of carboxylic acid groups (broad SMARTS) is 1. The third-order valence-corrected chi connectivity index (χ3v) is 8.84. The molecule has 3 unspecified atom stereocenters. The standard InChI is InChI=1S/C44H70NO10P/c1-3-5-7-9-11-13-15-16-17-18-19-20-21-22-23-24-26-28-30-32-34-36-43(48)53-37-40(46)38-54-56(51,52)55-39-41(44(49)50)45-42(47)35-33-31-29-27-25-14-12-10-8-6-4-2/h5,7,10-13,16-17,19-20,22-23,26,28,32,34,40-41,46H,3-4,6,8-9,14-15,18,21,24-25,27,29-31,33,35-39H2,1-2H3,(H,45,47)(H,49,50)(H,51,52)/b7-5-,12-10-,13-11-,17-16-,20-19-,23-22-,28-26-,34-32-. The molecule has 12 heteroatoms. The number of nitrogens with one attached hydrogen (secondary N) is 1. The van der Waals surface area contributed by atoms with Crippen molar-refractivity contribution < 1.29 is 47.8 Å². The minimum atomic E-state index is -4.78. The van der Waals surface area contributed by atoms with Crippen LogP contribution in [0.5, 0.6) is 0 Å². The number of carbonyl (C=O) groups excluding carboxylic acids is 2. The second-order valence-electron chi connectivity index (χ2n) is 13.1. The number of phosphoric acid groups is 1. The average molecular weight is 804 g/mol. The molecule has 0 saturated carbocycles. The third-order valence-electron chi connectivity index (χ3n) is 7.89. The lowest BCUT2D eigenvalue weighted by Crippen LogP contribution is -2.43. The summed E-state index contributed by atoms with van der Waals surface area (Å²) >= 11 is 0. The lowest BCUT2D eigenvalue weighted by molar-refractivity contribution is -0.146. The van der Waals surface area contributed by atoms with E-state index < -0.39 is 57.6 Å². The number of rotatable bonds is 36. The highest BCUT2D eigenvalue weighted by Crippen LogP contribution is 2.43. The summed E-state index contributed by atoms with van der Waals surface area (Å²) in [5.74, 6) is -2.55. The van der Waals surface area contributed by atoms with Crippen LogP contribution in [0, 0.1) is 0 Å². The molecule has 0 aromatic rings. The molecule has 0 bridgehead atoms. The first-order chi connectivity index (χ1) is 27.1. The molecule has 11 nitrogen and oxygen atoms in total. The summed E-state index contributed by atoms with van der Waals surface area (Å²) in [6, 6.07) is -1.57. The van der Waals surface area contributed by atoms with E-state index in [9.17, 15) is 34.1 Å². The average Bonchev–Trinajstić information content (AvgIpc) is 3.17. The van der Waals surface area contributed by atoms with Crippen molar-refractivity contribution in [2.45, 2.75) is 142 Å². The van der Waals surface area contributed by atoms with E-state index in [0.717, 1.165) is 77.0 Å². The number of amides is 1. The number of esters is 1. The van der Waals surface area contributed by atoms with Gasteiger partial charge in [-0.05, 0) is 70.6 Å². The van der Waals surface area contributed by atoms with Crippen molar-refractivity contribution in [3.05, 3.63) is 97.2 Å². The lowest BCUT2D eigenvalue weighted by Gasteiger charge is -2.18. The molecule has 56 heavy (non-hydrogen) atoms. The Morgan fingerprint density at radius 1 is 0.607 bits per heavy atom. The monoisotopic (exact) mass is 803 g/mol. The molecule has 1 amide bonds. The van der Waals surface area contributed by atoms with E-state index >= 15 is 0 Å². The van der Waals surface area contributed by atoms with E-state index in [-0.39, 0.29) is 12.8 Å². The van der Waals surface area contributed by atoms with Crippen molar-refractivity contribution in [1.29, 1.82) is 0 Å². The van der Waals surface area contributed by atoms with Gasteiger partial charge in [0, 0.05) is 6.42 Å². The number of aliphatic carboxylic acids is 1. The van der Waals surface area contributed by atoms with Crippen LogP contribution in [-0.2, 0) is 32.7 Å². The molecule has 0 aromatic heterocycles. The Morgan fingerprint density at radius 3 is 1.59 bits per heavy atom. The molecule has 0 heterocycles. The van der Waals surface area contributed by atoms with Gasteiger partial charge in [0.2, 0.25) is 5.91 Å². The summed E-state index contributed by atoms with van der Waals surface area (Å²) in [5, 5.41) is 21.7. The van der Waals surface area contributed by atoms with E-state index in [1.54, 1.807) is 6.08 Å². The summed E-state index contributed by atoms with van der Waals surface area (Å²) in [6.07, 6.45) is 47.6. The molecule has 316 valence electrons. The van der Waals surface area contributed by atoms with Crippen LogP contribution in [-0.4, -0.2) is 64.9 Å². The number of carbonyl (C=O) groups is 3. The molecule has 0 radical (unpaired) electrons. The SMILES string of the molecule is CC/C=C\C/C=C\C/C=C\C/C=C\C/C=C\C/C=C\C/C=C\CC(=O)OCC(O)COP(=O)(O)OCC(NC(=O)CCCCCCC/C=C\CCCC)C(=O)O. The predicted molar refractivity (Wildman–Crippen MR) is 226 cm³/mol. The Kier molecular flexibility index (Phi) is 35.8. The predicted octanol–water partition coefficient (Wildman–Crippen LogP) is 10.1. The molecule has 0 rings (SSSR count). The van der Waals surface area contributed by atoms with Crippen LogP contribution < -0.4 is 5.32 Å². The largest absolute Gasteiger partial charge is 0.480 e. The molecule has 0 aliphatic rings. The highest BCUT2D eigenvalue weighted by Gasteiger charge is 2.28. The molecule has 3 atom stereocenters. The summed E-state index contributed by atoms with van der Waals surface area (Å²) in [7, 11) is -4.78. The van der Waals surface area contributed by atoms with Gasteiger partial charge in [-0.2, -0.15) is 0 Å². The van der Waals surface area contributed by atoms with E-state index in [1.807, 2.05) is 18.2 Å². The number of hydrogen-bond acceptors (Lipinski definition) is 8.